The number of carbonyl (C=O) groups excluding carboxylic acids is 2. The second-order valence-electron chi connectivity index (χ2n) is 6.14. The molecule has 1 rings (SSSR count). The van der Waals surface area contributed by atoms with Crippen molar-refractivity contribution in [1.29, 1.82) is 0 Å². The van der Waals surface area contributed by atoms with Crippen LogP contribution in [-0.4, -0.2) is 24.1 Å². The molecule has 0 bridgehead atoms. The monoisotopic (exact) mass is 328 g/mol. The molecule has 128 valence electrons. The van der Waals surface area contributed by atoms with Gasteiger partial charge in [-0.25, -0.2) is 13.6 Å². The summed E-state index contributed by atoms with van der Waals surface area (Å²) in [7, 11) is 0. The van der Waals surface area contributed by atoms with Gasteiger partial charge in [-0.1, -0.05) is 6.07 Å². The average molecular weight is 328 g/mol. The van der Waals surface area contributed by atoms with Crippen molar-refractivity contribution >= 4 is 12.0 Å². The number of ether oxygens (including phenoxy) is 1. The second kappa shape index (κ2) is 7.89. The maximum atomic E-state index is 13.2. The van der Waals surface area contributed by atoms with Gasteiger partial charge in [0.15, 0.2) is 11.6 Å². The maximum absolute atomic E-state index is 13.2. The standard InChI is InChI=1S/C16H22F2N2O3/c1-10(11-5-6-12(17)13(18)9-11)20-14(21)7-8-19-15(22)23-16(2,3)4/h5-6,9-10H,7-8H2,1-4H3,(H,19,22)(H,20,21). The minimum absolute atomic E-state index is 0.0489. The van der Waals surface area contributed by atoms with Gasteiger partial charge in [-0.05, 0) is 45.4 Å². The Kier molecular flexibility index (Phi) is 6.48. The molecule has 1 aromatic carbocycles. The van der Waals surface area contributed by atoms with Gasteiger partial charge in [-0.15, -0.1) is 0 Å². The summed E-state index contributed by atoms with van der Waals surface area (Å²) in [5.74, 6) is -2.22. The Morgan fingerprint density at radius 3 is 2.43 bits per heavy atom. The lowest BCUT2D eigenvalue weighted by Gasteiger charge is -2.19. The van der Waals surface area contributed by atoms with Crippen molar-refractivity contribution < 1.29 is 23.1 Å². The third-order valence-electron chi connectivity index (χ3n) is 2.84. The summed E-state index contributed by atoms with van der Waals surface area (Å²) in [5.41, 5.74) is -0.148. The number of rotatable bonds is 5. The number of carbonyl (C=O) groups is 2. The van der Waals surface area contributed by atoms with Crippen molar-refractivity contribution in [1.82, 2.24) is 10.6 Å². The van der Waals surface area contributed by atoms with Crippen LogP contribution in [0, 0.1) is 11.6 Å². The Morgan fingerprint density at radius 2 is 1.87 bits per heavy atom. The minimum Gasteiger partial charge on any atom is -0.444 e. The van der Waals surface area contributed by atoms with Crippen LogP contribution in [0.25, 0.3) is 0 Å². The Hall–Kier alpha value is -2.18. The van der Waals surface area contributed by atoms with E-state index in [-0.39, 0.29) is 18.9 Å². The van der Waals surface area contributed by atoms with E-state index >= 15 is 0 Å². The van der Waals surface area contributed by atoms with Crippen LogP contribution in [0.3, 0.4) is 0 Å². The number of benzene rings is 1. The molecule has 0 saturated carbocycles. The van der Waals surface area contributed by atoms with Crippen molar-refractivity contribution in [3.63, 3.8) is 0 Å². The highest BCUT2D eigenvalue weighted by Crippen LogP contribution is 2.16. The van der Waals surface area contributed by atoms with Gasteiger partial charge in [0, 0.05) is 13.0 Å². The van der Waals surface area contributed by atoms with Crippen LogP contribution < -0.4 is 10.6 Å². The number of amides is 2. The van der Waals surface area contributed by atoms with Crippen LogP contribution in [0.2, 0.25) is 0 Å². The fraction of sp³-hybridized carbons (Fsp3) is 0.500. The SMILES string of the molecule is CC(NC(=O)CCNC(=O)OC(C)(C)C)c1ccc(F)c(F)c1. The summed E-state index contributed by atoms with van der Waals surface area (Å²) in [6.07, 6.45) is -0.549. The molecule has 0 fully saturated rings. The minimum atomic E-state index is -0.963. The van der Waals surface area contributed by atoms with Crippen molar-refractivity contribution in [2.24, 2.45) is 0 Å². The first-order chi connectivity index (χ1) is 10.6. The molecule has 1 atom stereocenters. The number of hydrogen-bond donors (Lipinski definition) is 2. The number of nitrogens with one attached hydrogen (secondary N) is 2. The molecule has 1 aromatic rings. The molecule has 0 aliphatic heterocycles. The molecular formula is C16H22F2N2O3. The molecule has 2 N–H and O–H groups in total. The second-order valence-corrected chi connectivity index (χ2v) is 6.14. The van der Waals surface area contributed by atoms with Crippen molar-refractivity contribution in [3.8, 4) is 0 Å². The lowest BCUT2D eigenvalue weighted by atomic mass is 10.1. The van der Waals surface area contributed by atoms with E-state index in [1.807, 2.05) is 0 Å². The molecule has 2 amide bonds. The lowest BCUT2D eigenvalue weighted by molar-refractivity contribution is -0.121. The third kappa shape index (κ3) is 7.08. The van der Waals surface area contributed by atoms with E-state index in [0.29, 0.717) is 5.56 Å². The molecule has 23 heavy (non-hydrogen) atoms. The first kappa shape index (κ1) is 18.9. The third-order valence-corrected chi connectivity index (χ3v) is 2.84. The van der Waals surface area contributed by atoms with Crippen LogP contribution in [-0.2, 0) is 9.53 Å². The first-order valence-corrected chi connectivity index (χ1v) is 7.29. The van der Waals surface area contributed by atoms with Gasteiger partial charge in [0.2, 0.25) is 5.91 Å². The number of halogens is 2. The normalized spacial score (nSPS) is 12.4. The quantitative estimate of drug-likeness (QED) is 0.873. The highest BCUT2D eigenvalue weighted by molar-refractivity contribution is 5.77. The molecule has 0 aromatic heterocycles. The fourth-order valence-electron chi connectivity index (χ4n) is 1.77. The Labute approximate surface area is 134 Å². The molecule has 1 unspecified atom stereocenters. The van der Waals surface area contributed by atoms with Gasteiger partial charge in [0.1, 0.15) is 5.60 Å². The molecule has 0 radical (unpaired) electrons. The van der Waals surface area contributed by atoms with Crippen molar-refractivity contribution in [2.45, 2.75) is 45.8 Å². The molecule has 5 nitrogen and oxygen atoms in total. The Morgan fingerprint density at radius 1 is 1.22 bits per heavy atom. The summed E-state index contributed by atoms with van der Waals surface area (Å²) in [6.45, 7) is 6.99. The predicted molar refractivity (Wildman–Crippen MR) is 81.8 cm³/mol. The van der Waals surface area contributed by atoms with E-state index in [1.54, 1.807) is 27.7 Å². The summed E-state index contributed by atoms with van der Waals surface area (Å²) < 4.78 is 31.1. The molecule has 0 heterocycles. The van der Waals surface area contributed by atoms with E-state index in [4.69, 9.17) is 4.74 Å². The van der Waals surface area contributed by atoms with Crippen LogP contribution in [0.15, 0.2) is 18.2 Å². The highest BCUT2D eigenvalue weighted by atomic mass is 19.2. The maximum Gasteiger partial charge on any atom is 0.407 e. The van der Waals surface area contributed by atoms with Gasteiger partial charge in [-0.2, -0.15) is 0 Å². The Bertz CT molecular complexity index is 571. The summed E-state index contributed by atoms with van der Waals surface area (Å²) in [4.78, 5) is 23.2. The zero-order valence-electron chi connectivity index (χ0n) is 13.7. The number of hydrogen-bond acceptors (Lipinski definition) is 3. The molecule has 0 saturated heterocycles. The van der Waals surface area contributed by atoms with E-state index in [1.165, 1.54) is 6.07 Å². The molecular weight excluding hydrogens is 306 g/mol. The molecule has 0 aliphatic rings. The van der Waals surface area contributed by atoms with E-state index in [2.05, 4.69) is 10.6 Å². The molecule has 7 heteroatoms. The van der Waals surface area contributed by atoms with E-state index < -0.39 is 29.4 Å². The van der Waals surface area contributed by atoms with E-state index in [0.717, 1.165) is 12.1 Å². The zero-order valence-corrected chi connectivity index (χ0v) is 13.7. The van der Waals surface area contributed by atoms with Gasteiger partial charge < -0.3 is 15.4 Å². The highest BCUT2D eigenvalue weighted by Gasteiger charge is 2.16. The zero-order chi connectivity index (χ0) is 17.6. The van der Waals surface area contributed by atoms with Crippen LogP contribution in [0.5, 0.6) is 0 Å². The summed E-state index contributed by atoms with van der Waals surface area (Å²) in [5, 5.41) is 5.11. The smallest absolute Gasteiger partial charge is 0.407 e. The molecule has 0 aliphatic carbocycles. The van der Waals surface area contributed by atoms with Crippen LogP contribution in [0.1, 0.15) is 45.7 Å². The predicted octanol–water partition coefficient (Wildman–Crippen LogP) is 3.06. The van der Waals surface area contributed by atoms with E-state index in [9.17, 15) is 18.4 Å². The van der Waals surface area contributed by atoms with Crippen molar-refractivity contribution in [3.05, 3.63) is 35.4 Å². The lowest BCUT2D eigenvalue weighted by Crippen LogP contribution is -2.35. The van der Waals surface area contributed by atoms with Gasteiger partial charge in [0.25, 0.3) is 0 Å². The average Bonchev–Trinajstić information content (AvgIpc) is 2.39. The van der Waals surface area contributed by atoms with Crippen molar-refractivity contribution in [2.75, 3.05) is 6.54 Å². The summed E-state index contributed by atoms with van der Waals surface area (Å²) in [6, 6.07) is 2.98. The topological polar surface area (TPSA) is 67.4 Å². The number of alkyl carbamates (subject to hydrolysis) is 1. The summed E-state index contributed by atoms with van der Waals surface area (Å²) >= 11 is 0. The van der Waals surface area contributed by atoms with Gasteiger partial charge >= 0.3 is 6.09 Å². The first-order valence-electron chi connectivity index (χ1n) is 7.29. The molecule has 0 spiro atoms. The van der Waals surface area contributed by atoms with Crippen LogP contribution >= 0.6 is 0 Å². The fourth-order valence-corrected chi connectivity index (χ4v) is 1.77. The van der Waals surface area contributed by atoms with Gasteiger partial charge in [0.05, 0.1) is 6.04 Å². The van der Waals surface area contributed by atoms with Crippen LogP contribution in [0.4, 0.5) is 13.6 Å². The Balaban J connectivity index is 2.38. The largest absolute Gasteiger partial charge is 0.444 e. The van der Waals surface area contributed by atoms with Gasteiger partial charge in [-0.3, -0.25) is 4.79 Å².